The molecule has 1 aliphatic rings. The Labute approximate surface area is 185 Å². The number of nitrogens with zero attached hydrogens (tertiary/aromatic N) is 3. The number of hydrogen-bond donors (Lipinski definition) is 2. The molecule has 0 bridgehead atoms. The maximum Gasteiger partial charge on any atom is 0.149 e. The van der Waals surface area contributed by atoms with Crippen LogP contribution in [0.1, 0.15) is 43.4 Å². The van der Waals surface area contributed by atoms with E-state index in [9.17, 15) is 5.11 Å². The van der Waals surface area contributed by atoms with Crippen molar-refractivity contribution in [1.29, 1.82) is 0 Å². The van der Waals surface area contributed by atoms with Gasteiger partial charge in [-0.05, 0) is 42.7 Å². The highest BCUT2D eigenvalue weighted by molar-refractivity contribution is 5.84. The highest BCUT2D eigenvalue weighted by atomic mass is 16.5. The van der Waals surface area contributed by atoms with E-state index in [1.807, 2.05) is 18.3 Å². The molecule has 0 aliphatic carbocycles. The van der Waals surface area contributed by atoms with Crippen LogP contribution in [-0.2, 0) is 0 Å². The van der Waals surface area contributed by atoms with Gasteiger partial charge in [-0.15, -0.1) is 0 Å². The summed E-state index contributed by atoms with van der Waals surface area (Å²) in [7, 11) is 0. The van der Waals surface area contributed by atoms with Gasteiger partial charge in [0, 0.05) is 49.7 Å². The molecule has 1 unspecified atom stereocenters. The summed E-state index contributed by atoms with van der Waals surface area (Å²) in [5.41, 5.74) is 3.10. The molecule has 0 amide bonds. The van der Waals surface area contributed by atoms with Crippen LogP contribution in [0.25, 0.3) is 0 Å². The summed E-state index contributed by atoms with van der Waals surface area (Å²) >= 11 is 0. The molecule has 0 spiro atoms. The van der Waals surface area contributed by atoms with E-state index in [0.717, 1.165) is 49.6 Å². The maximum absolute atomic E-state index is 9.75. The normalized spacial score (nSPS) is 18.3. The van der Waals surface area contributed by atoms with E-state index in [1.54, 1.807) is 18.3 Å². The molecule has 6 nitrogen and oxygen atoms in total. The number of nitrogens with one attached hydrogen (secondary N) is 1. The molecule has 31 heavy (non-hydrogen) atoms. The molecule has 6 heteroatoms. The molecule has 2 aromatic carbocycles. The first-order valence-electron chi connectivity index (χ1n) is 11.1. The van der Waals surface area contributed by atoms with Crippen LogP contribution in [0, 0.1) is 0 Å². The standard InChI is InChI=1S/C25H34N4O2/c1-19(2)21-8-9-25-23(16-21)18-28-13-15-29(20(3)31-25)14-12-26-10-11-27-17-22-6-4-5-7-24(22)30/h4-9,16-20,26,30H,10-15H2,1-3H3/b27-17-,28-18-. The summed E-state index contributed by atoms with van der Waals surface area (Å²) < 4.78 is 6.28. The third-order valence-electron chi connectivity index (χ3n) is 5.42. The van der Waals surface area contributed by atoms with Gasteiger partial charge in [-0.2, -0.15) is 0 Å². The summed E-state index contributed by atoms with van der Waals surface area (Å²) in [6.07, 6.45) is 3.64. The number of benzene rings is 2. The Morgan fingerprint density at radius 2 is 2.10 bits per heavy atom. The third-order valence-corrected chi connectivity index (χ3v) is 5.42. The van der Waals surface area contributed by atoms with Crippen molar-refractivity contribution in [3.05, 3.63) is 59.2 Å². The van der Waals surface area contributed by atoms with Gasteiger partial charge in [-0.3, -0.25) is 14.9 Å². The van der Waals surface area contributed by atoms with Gasteiger partial charge in [-0.25, -0.2) is 0 Å². The van der Waals surface area contributed by atoms with E-state index >= 15 is 0 Å². The van der Waals surface area contributed by atoms with Crippen LogP contribution >= 0.6 is 0 Å². The minimum atomic E-state index is -0.0220. The van der Waals surface area contributed by atoms with Crippen molar-refractivity contribution in [2.75, 3.05) is 39.3 Å². The molecule has 0 saturated carbocycles. The first-order valence-corrected chi connectivity index (χ1v) is 11.1. The Bertz CT molecular complexity index is 895. The van der Waals surface area contributed by atoms with Crippen molar-refractivity contribution < 1.29 is 9.84 Å². The molecular formula is C25H34N4O2. The van der Waals surface area contributed by atoms with Crippen LogP contribution in [0.5, 0.6) is 11.5 Å². The van der Waals surface area contributed by atoms with E-state index in [2.05, 4.69) is 59.2 Å². The van der Waals surface area contributed by atoms with Crippen molar-refractivity contribution in [2.45, 2.75) is 32.9 Å². The fourth-order valence-corrected chi connectivity index (χ4v) is 3.47. The first kappa shape index (κ1) is 23.0. The van der Waals surface area contributed by atoms with Crippen LogP contribution < -0.4 is 10.1 Å². The van der Waals surface area contributed by atoms with Gasteiger partial charge in [-0.1, -0.05) is 32.0 Å². The van der Waals surface area contributed by atoms with Gasteiger partial charge in [0.25, 0.3) is 0 Å². The van der Waals surface area contributed by atoms with Crippen LogP contribution in [0.2, 0.25) is 0 Å². The second-order valence-electron chi connectivity index (χ2n) is 8.08. The number of aromatic hydroxyl groups is 1. The molecule has 0 aromatic heterocycles. The number of para-hydroxylation sites is 1. The lowest BCUT2D eigenvalue weighted by Gasteiger charge is -2.29. The summed E-state index contributed by atoms with van der Waals surface area (Å²) in [5.74, 6) is 1.62. The Morgan fingerprint density at radius 1 is 1.26 bits per heavy atom. The topological polar surface area (TPSA) is 69.5 Å². The third kappa shape index (κ3) is 6.91. The minimum absolute atomic E-state index is 0.0220. The second-order valence-corrected chi connectivity index (χ2v) is 8.08. The summed E-state index contributed by atoms with van der Waals surface area (Å²) in [5, 5.41) is 13.2. The monoisotopic (exact) mass is 422 g/mol. The van der Waals surface area contributed by atoms with Gasteiger partial charge in [0.1, 0.15) is 17.7 Å². The predicted octanol–water partition coefficient (Wildman–Crippen LogP) is 3.68. The zero-order chi connectivity index (χ0) is 22.1. The zero-order valence-corrected chi connectivity index (χ0v) is 18.8. The number of ether oxygens (including phenoxy) is 1. The molecule has 3 rings (SSSR count). The van der Waals surface area contributed by atoms with Crippen molar-refractivity contribution in [2.24, 2.45) is 9.98 Å². The smallest absolute Gasteiger partial charge is 0.149 e. The van der Waals surface area contributed by atoms with Gasteiger partial charge >= 0.3 is 0 Å². The number of aliphatic imine (C=N–C) groups is 2. The maximum atomic E-state index is 9.75. The predicted molar refractivity (Wildman–Crippen MR) is 128 cm³/mol. The Balaban J connectivity index is 1.45. The lowest BCUT2D eigenvalue weighted by Crippen LogP contribution is -2.43. The fourth-order valence-electron chi connectivity index (χ4n) is 3.47. The van der Waals surface area contributed by atoms with Crippen molar-refractivity contribution in [1.82, 2.24) is 10.2 Å². The van der Waals surface area contributed by atoms with Crippen LogP contribution in [-0.4, -0.2) is 67.9 Å². The number of rotatable bonds is 8. The van der Waals surface area contributed by atoms with Crippen LogP contribution in [0.3, 0.4) is 0 Å². The fraction of sp³-hybridized carbons (Fsp3) is 0.440. The second kappa shape index (κ2) is 11.6. The van der Waals surface area contributed by atoms with E-state index < -0.39 is 0 Å². The number of phenols is 1. The highest BCUT2D eigenvalue weighted by Crippen LogP contribution is 2.25. The van der Waals surface area contributed by atoms with Crippen molar-refractivity contribution in [3.8, 4) is 11.5 Å². The van der Waals surface area contributed by atoms with Gasteiger partial charge in [0.05, 0.1) is 13.1 Å². The van der Waals surface area contributed by atoms with Crippen molar-refractivity contribution in [3.63, 3.8) is 0 Å². The average Bonchev–Trinajstić information content (AvgIpc) is 2.83. The van der Waals surface area contributed by atoms with E-state index in [-0.39, 0.29) is 12.0 Å². The van der Waals surface area contributed by atoms with Crippen LogP contribution in [0.15, 0.2) is 52.4 Å². The average molecular weight is 423 g/mol. The number of fused-ring (bicyclic) bond motifs is 1. The minimum Gasteiger partial charge on any atom is -0.507 e. The quantitative estimate of drug-likeness (QED) is 0.503. The number of phenolic OH excluding ortho intramolecular Hbond substituents is 1. The molecule has 1 heterocycles. The summed E-state index contributed by atoms with van der Waals surface area (Å²) in [4.78, 5) is 11.3. The first-order chi connectivity index (χ1) is 15.0. The molecule has 2 aromatic rings. The van der Waals surface area contributed by atoms with Gasteiger partial charge < -0.3 is 15.2 Å². The van der Waals surface area contributed by atoms with E-state index in [1.165, 1.54) is 5.56 Å². The molecule has 2 N–H and O–H groups in total. The summed E-state index contributed by atoms with van der Waals surface area (Å²) in [6.45, 7) is 11.3. The molecule has 1 aliphatic heterocycles. The molecule has 0 saturated heterocycles. The molecule has 166 valence electrons. The molecular weight excluding hydrogens is 388 g/mol. The van der Waals surface area contributed by atoms with Gasteiger partial charge in [0.15, 0.2) is 0 Å². The summed E-state index contributed by atoms with van der Waals surface area (Å²) in [6, 6.07) is 13.6. The SMILES string of the molecule is CC(C)c1ccc2c(c1)/C=N\CCN(CCNCC/N=C\c1ccccc1O)C(C)O2. The van der Waals surface area contributed by atoms with Gasteiger partial charge in [0.2, 0.25) is 0 Å². The van der Waals surface area contributed by atoms with E-state index in [4.69, 9.17) is 4.74 Å². The Morgan fingerprint density at radius 3 is 2.90 bits per heavy atom. The molecule has 0 radical (unpaired) electrons. The molecule has 1 atom stereocenters. The highest BCUT2D eigenvalue weighted by Gasteiger charge is 2.18. The largest absolute Gasteiger partial charge is 0.507 e. The van der Waals surface area contributed by atoms with E-state index in [0.29, 0.717) is 12.5 Å². The lowest BCUT2D eigenvalue weighted by molar-refractivity contribution is 0.0433. The number of hydrogen-bond acceptors (Lipinski definition) is 6. The Kier molecular flexibility index (Phi) is 8.62. The van der Waals surface area contributed by atoms with Crippen molar-refractivity contribution >= 4 is 12.4 Å². The zero-order valence-electron chi connectivity index (χ0n) is 18.8. The van der Waals surface area contributed by atoms with Crippen LogP contribution in [0.4, 0.5) is 0 Å². The Hall–Kier alpha value is -2.70. The molecule has 0 fully saturated rings. The lowest BCUT2D eigenvalue weighted by atomic mass is 10.0.